The molecule has 1 aliphatic carbocycles. The molecule has 0 aliphatic heterocycles. The third kappa shape index (κ3) is 3.23. The molecule has 0 nitrogen and oxygen atoms in total. The molecule has 0 atom stereocenters. The van der Waals surface area contributed by atoms with E-state index in [1.165, 1.54) is 16.7 Å². The van der Waals surface area contributed by atoms with E-state index in [0.717, 1.165) is 12.0 Å². The van der Waals surface area contributed by atoms with Crippen molar-refractivity contribution < 1.29 is 0 Å². The maximum absolute atomic E-state index is 4.08. The average molecular weight is 214 g/mol. The Kier molecular flexibility index (Phi) is 6.95. The Morgan fingerprint density at radius 2 is 1.81 bits per heavy atom. The van der Waals surface area contributed by atoms with Crippen molar-refractivity contribution in [2.45, 2.75) is 27.2 Å². The van der Waals surface area contributed by atoms with Crippen molar-refractivity contribution in [3.8, 4) is 0 Å². The fraction of sp³-hybridized carbons (Fsp3) is 0.250. The summed E-state index contributed by atoms with van der Waals surface area (Å²) in [4.78, 5) is 0. The van der Waals surface area contributed by atoms with E-state index in [2.05, 4.69) is 25.8 Å². The van der Waals surface area contributed by atoms with Gasteiger partial charge in [-0.25, -0.2) is 0 Å². The van der Waals surface area contributed by atoms with Gasteiger partial charge in [0.05, 0.1) is 0 Å². The molecule has 86 valence electrons. The first-order valence-corrected chi connectivity index (χ1v) is 5.74. The smallest absolute Gasteiger partial charge is 0.00139 e. The number of rotatable bonds is 3. The van der Waals surface area contributed by atoms with Crippen LogP contribution >= 0.6 is 0 Å². The molecule has 0 radical (unpaired) electrons. The van der Waals surface area contributed by atoms with Gasteiger partial charge in [0.1, 0.15) is 0 Å². The highest BCUT2D eigenvalue weighted by Crippen LogP contribution is 2.36. The average Bonchev–Trinajstić information content (AvgIpc) is 2.61. The zero-order chi connectivity index (χ0) is 12.6. The van der Waals surface area contributed by atoms with Gasteiger partial charge in [-0.1, -0.05) is 64.0 Å². The van der Waals surface area contributed by atoms with E-state index >= 15 is 0 Å². The maximum atomic E-state index is 4.08. The Morgan fingerprint density at radius 3 is 2.25 bits per heavy atom. The number of hydrogen-bond donors (Lipinski definition) is 0. The molecule has 0 aromatic carbocycles. The monoisotopic (exact) mass is 214 g/mol. The number of hydrogen-bond acceptors (Lipinski definition) is 0. The van der Waals surface area contributed by atoms with Gasteiger partial charge in [0.15, 0.2) is 0 Å². The lowest BCUT2D eigenvalue weighted by molar-refractivity contribution is 1.26. The fourth-order valence-electron chi connectivity index (χ4n) is 1.63. The van der Waals surface area contributed by atoms with E-state index in [0.29, 0.717) is 0 Å². The second-order valence-electron chi connectivity index (χ2n) is 3.23. The van der Waals surface area contributed by atoms with E-state index in [1.54, 1.807) is 6.08 Å². The highest BCUT2D eigenvalue weighted by Gasteiger charge is 2.17. The molecule has 0 aromatic heterocycles. The topological polar surface area (TPSA) is 0 Å². The van der Waals surface area contributed by atoms with Crippen LogP contribution < -0.4 is 0 Å². The van der Waals surface area contributed by atoms with Crippen molar-refractivity contribution in [2.24, 2.45) is 0 Å². The van der Waals surface area contributed by atoms with Crippen LogP contribution in [0.15, 0.2) is 72.4 Å². The zero-order valence-corrected chi connectivity index (χ0v) is 10.7. The molecule has 0 bridgehead atoms. The summed E-state index contributed by atoms with van der Waals surface area (Å²) in [6.45, 7) is 17.6. The Bertz CT molecular complexity index is 359. The van der Waals surface area contributed by atoms with Crippen LogP contribution in [0.25, 0.3) is 0 Å². The molecule has 0 saturated heterocycles. The zero-order valence-electron chi connectivity index (χ0n) is 10.7. The summed E-state index contributed by atoms with van der Waals surface area (Å²) in [7, 11) is 0. The SMILES string of the molecule is C=C/C=C1/CC(C=C)=C(/C=C\C)C1=C.CC. The van der Waals surface area contributed by atoms with Crippen molar-refractivity contribution in [1.82, 2.24) is 0 Å². The molecule has 0 N–H and O–H groups in total. The summed E-state index contributed by atoms with van der Waals surface area (Å²) in [6, 6.07) is 0. The van der Waals surface area contributed by atoms with Crippen LogP contribution in [0.5, 0.6) is 0 Å². The first-order chi connectivity index (χ1) is 7.74. The standard InChI is InChI=1S/C14H16.C2H6/c1-5-8-13-10-12(7-3)14(9-6-2)11(13)4;1-2/h5-9H,1,3-4,10H2,2H3;1-2H3/b9-6-,13-8-;. The predicted molar refractivity (Wildman–Crippen MR) is 75.4 cm³/mol. The first-order valence-electron chi connectivity index (χ1n) is 5.74. The molecule has 0 unspecified atom stereocenters. The van der Waals surface area contributed by atoms with Crippen LogP contribution in [-0.4, -0.2) is 0 Å². The minimum Gasteiger partial charge on any atom is -0.0991 e. The Labute approximate surface area is 100 Å². The highest BCUT2D eigenvalue weighted by molar-refractivity contribution is 5.62. The third-order valence-corrected chi connectivity index (χ3v) is 2.34. The van der Waals surface area contributed by atoms with Crippen molar-refractivity contribution in [2.75, 3.05) is 0 Å². The van der Waals surface area contributed by atoms with Gasteiger partial charge in [0, 0.05) is 0 Å². The summed E-state index contributed by atoms with van der Waals surface area (Å²) in [5.74, 6) is 0. The van der Waals surface area contributed by atoms with E-state index in [1.807, 2.05) is 39.0 Å². The van der Waals surface area contributed by atoms with Gasteiger partial charge in [0.2, 0.25) is 0 Å². The lowest BCUT2D eigenvalue weighted by Crippen LogP contribution is -1.80. The van der Waals surface area contributed by atoms with Gasteiger partial charge in [-0.3, -0.25) is 0 Å². The van der Waals surface area contributed by atoms with Crippen LogP contribution in [0.2, 0.25) is 0 Å². The fourth-order valence-corrected chi connectivity index (χ4v) is 1.63. The first kappa shape index (κ1) is 14.4. The number of allylic oxidation sites excluding steroid dienone is 9. The van der Waals surface area contributed by atoms with E-state index in [4.69, 9.17) is 0 Å². The van der Waals surface area contributed by atoms with Crippen LogP contribution in [0, 0.1) is 0 Å². The minimum atomic E-state index is 0.925. The Hall–Kier alpha value is -1.56. The van der Waals surface area contributed by atoms with Crippen LogP contribution in [-0.2, 0) is 0 Å². The Morgan fingerprint density at radius 1 is 1.19 bits per heavy atom. The molecule has 16 heavy (non-hydrogen) atoms. The van der Waals surface area contributed by atoms with Crippen LogP contribution in [0.4, 0.5) is 0 Å². The summed E-state index contributed by atoms with van der Waals surface area (Å²) < 4.78 is 0. The second kappa shape index (κ2) is 7.70. The van der Waals surface area contributed by atoms with Crippen molar-refractivity contribution in [1.29, 1.82) is 0 Å². The normalized spacial score (nSPS) is 17.7. The molecule has 0 amide bonds. The molecular formula is C16H22. The lowest BCUT2D eigenvalue weighted by atomic mass is 10.1. The second-order valence-corrected chi connectivity index (χ2v) is 3.23. The highest BCUT2D eigenvalue weighted by atomic mass is 14.2. The molecule has 0 fully saturated rings. The van der Waals surface area contributed by atoms with Gasteiger partial charge < -0.3 is 0 Å². The molecule has 0 aromatic rings. The summed E-state index contributed by atoms with van der Waals surface area (Å²) in [5.41, 5.74) is 4.79. The predicted octanol–water partition coefficient (Wildman–Crippen LogP) is 5.14. The summed E-state index contributed by atoms with van der Waals surface area (Å²) in [6.07, 6.45) is 10.8. The van der Waals surface area contributed by atoms with E-state index < -0.39 is 0 Å². The third-order valence-electron chi connectivity index (χ3n) is 2.34. The van der Waals surface area contributed by atoms with Gasteiger partial charge in [-0.05, 0) is 35.6 Å². The van der Waals surface area contributed by atoms with E-state index in [9.17, 15) is 0 Å². The molecule has 0 saturated carbocycles. The molecule has 0 heteroatoms. The van der Waals surface area contributed by atoms with Crippen molar-refractivity contribution in [3.63, 3.8) is 0 Å². The maximum Gasteiger partial charge on any atom is -0.00139 e. The van der Waals surface area contributed by atoms with Gasteiger partial charge in [0.25, 0.3) is 0 Å². The quantitative estimate of drug-likeness (QED) is 0.610. The Balaban J connectivity index is 0.00000106. The molecular weight excluding hydrogens is 192 g/mol. The molecule has 1 aliphatic rings. The van der Waals surface area contributed by atoms with Gasteiger partial charge in [-0.2, -0.15) is 0 Å². The summed E-state index contributed by atoms with van der Waals surface area (Å²) >= 11 is 0. The van der Waals surface area contributed by atoms with Crippen LogP contribution in [0.1, 0.15) is 27.2 Å². The lowest BCUT2D eigenvalue weighted by Gasteiger charge is -1.99. The summed E-state index contributed by atoms with van der Waals surface area (Å²) in [5, 5.41) is 0. The van der Waals surface area contributed by atoms with Crippen molar-refractivity contribution >= 4 is 0 Å². The van der Waals surface area contributed by atoms with Crippen LogP contribution in [0.3, 0.4) is 0 Å². The molecule has 1 rings (SSSR count). The largest absolute Gasteiger partial charge is 0.0991 e. The van der Waals surface area contributed by atoms with Gasteiger partial charge >= 0.3 is 0 Å². The van der Waals surface area contributed by atoms with Gasteiger partial charge in [-0.15, -0.1) is 0 Å². The molecule has 0 spiro atoms. The molecule has 0 heterocycles. The minimum absolute atomic E-state index is 0.925. The van der Waals surface area contributed by atoms with E-state index in [-0.39, 0.29) is 0 Å². The van der Waals surface area contributed by atoms with Crippen molar-refractivity contribution in [3.05, 3.63) is 72.4 Å².